The summed E-state index contributed by atoms with van der Waals surface area (Å²) in [5.41, 5.74) is 0. The smallest absolute Gasteiger partial charge is 0.192 e. The van der Waals surface area contributed by atoms with Crippen molar-refractivity contribution in [2.45, 2.75) is 18.9 Å². The monoisotopic (exact) mass is 187 g/mol. The molecular formula is C8H7ClFNO. The van der Waals surface area contributed by atoms with Crippen LogP contribution in [0.2, 0.25) is 5.15 Å². The number of pyridine rings is 1. The molecule has 12 heavy (non-hydrogen) atoms. The molecule has 1 aromatic rings. The Balaban J connectivity index is 2.26. The van der Waals surface area contributed by atoms with Gasteiger partial charge >= 0.3 is 0 Å². The summed E-state index contributed by atoms with van der Waals surface area (Å²) in [4.78, 5) is 3.72. The van der Waals surface area contributed by atoms with E-state index in [1.54, 1.807) is 0 Å². The Kier molecular flexibility index (Phi) is 1.89. The third-order valence-corrected chi connectivity index (χ3v) is 1.89. The number of hydrogen-bond acceptors (Lipinski definition) is 2. The Morgan fingerprint density at radius 1 is 1.58 bits per heavy atom. The molecule has 0 aromatic carbocycles. The second kappa shape index (κ2) is 2.90. The molecule has 0 bridgehead atoms. The van der Waals surface area contributed by atoms with Crippen LogP contribution in [0.5, 0.6) is 5.75 Å². The van der Waals surface area contributed by atoms with E-state index < -0.39 is 5.82 Å². The highest BCUT2D eigenvalue weighted by Crippen LogP contribution is 2.32. The minimum Gasteiger partial charge on any atom is -0.484 e. The fraction of sp³-hybridized carbons (Fsp3) is 0.375. The highest BCUT2D eigenvalue weighted by atomic mass is 35.5. The fourth-order valence-electron chi connectivity index (χ4n) is 0.858. The molecule has 1 fully saturated rings. The summed E-state index contributed by atoms with van der Waals surface area (Å²) in [6.45, 7) is 0. The average Bonchev–Trinajstić information content (AvgIpc) is 2.80. The van der Waals surface area contributed by atoms with Crippen LogP contribution < -0.4 is 4.74 Å². The molecule has 1 saturated carbocycles. The van der Waals surface area contributed by atoms with Crippen molar-refractivity contribution in [3.05, 3.63) is 23.2 Å². The van der Waals surface area contributed by atoms with Crippen molar-refractivity contribution in [1.82, 2.24) is 4.98 Å². The lowest BCUT2D eigenvalue weighted by molar-refractivity contribution is 0.286. The van der Waals surface area contributed by atoms with E-state index in [2.05, 4.69) is 4.98 Å². The number of nitrogens with zero attached hydrogens (tertiary/aromatic N) is 1. The molecule has 64 valence electrons. The molecule has 1 aliphatic rings. The molecule has 0 amide bonds. The topological polar surface area (TPSA) is 22.1 Å². The maximum absolute atomic E-state index is 13.0. The van der Waals surface area contributed by atoms with E-state index in [9.17, 15) is 4.39 Å². The molecule has 0 spiro atoms. The van der Waals surface area contributed by atoms with Crippen LogP contribution in [-0.2, 0) is 0 Å². The van der Waals surface area contributed by atoms with Crippen LogP contribution in [0.3, 0.4) is 0 Å². The molecule has 0 saturated heterocycles. The number of halogens is 2. The largest absolute Gasteiger partial charge is 0.484 e. The summed E-state index contributed by atoms with van der Waals surface area (Å²) in [7, 11) is 0. The lowest BCUT2D eigenvalue weighted by Gasteiger charge is -2.05. The average molecular weight is 188 g/mol. The van der Waals surface area contributed by atoms with Crippen molar-refractivity contribution in [2.75, 3.05) is 0 Å². The molecule has 1 aliphatic carbocycles. The highest BCUT2D eigenvalue weighted by molar-refractivity contribution is 6.30. The van der Waals surface area contributed by atoms with Crippen molar-refractivity contribution < 1.29 is 9.13 Å². The minimum absolute atomic E-state index is 0.0849. The third-order valence-electron chi connectivity index (χ3n) is 1.62. The van der Waals surface area contributed by atoms with Gasteiger partial charge in [-0.25, -0.2) is 9.37 Å². The molecule has 0 N–H and O–H groups in total. The number of rotatable bonds is 2. The van der Waals surface area contributed by atoms with Gasteiger partial charge in [0.15, 0.2) is 16.7 Å². The first-order valence-electron chi connectivity index (χ1n) is 3.74. The summed E-state index contributed by atoms with van der Waals surface area (Å²) in [6.07, 6.45) is 3.41. The summed E-state index contributed by atoms with van der Waals surface area (Å²) < 4.78 is 18.2. The third kappa shape index (κ3) is 1.50. The summed E-state index contributed by atoms with van der Waals surface area (Å²) >= 11 is 5.63. The van der Waals surface area contributed by atoms with Crippen molar-refractivity contribution in [3.8, 4) is 5.75 Å². The second-order valence-electron chi connectivity index (χ2n) is 2.73. The molecule has 1 heterocycles. The zero-order chi connectivity index (χ0) is 8.55. The first-order chi connectivity index (χ1) is 5.77. The van der Waals surface area contributed by atoms with Gasteiger partial charge in [-0.15, -0.1) is 0 Å². The number of ether oxygens (including phenoxy) is 1. The van der Waals surface area contributed by atoms with Crippen molar-refractivity contribution in [2.24, 2.45) is 0 Å². The van der Waals surface area contributed by atoms with E-state index in [4.69, 9.17) is 16.3 Å². The van der Waals surface area contributed by atoms with Gasteiger partial charge < -0.3 is 4.74 Å². The van der Waals surface area contributed by atoms with Gasteiger partial charge in [-0.3, -0.25) is 0 Å². The maximum atomic E-state index is 13.0. The fourth-order valence-corrected chi connectivity index (χ4v) is 1.05. The number of hydrogen-bond donors (Lipinski definition) is 0. The van der Waals surface area contributed by atoms with Crippen LogP contribution >= 0.6 is 11.6 Å². The van der Waals surface area contributed by atoms with Crippen LogP contribution in [-0.4, -0.2) is 11.1 Å². The molecule has 0 radical (unpaired) electrons. The quantitative estimate of drug-likeness (QED) is 0.664. The van der Waals surface area contributed by atoms with Crippen LogP contribution in [0.4, 0.5) is 4.39 Å². The Bertz CT molecular complexity index is 281. The molecule has 0 aliphatic heterocycles. The zero-order valence-corrected chi connectivity index (χ0v) is 7.01. The maximum Gasteiger partial charge on any atom is 0.192 e. The van der Waals surface area contributed by atoms with Crippen molar-refractivity contribution >= 4 is 11.6 Å². The Labute approximate surface area is 74.3 Å². The molecule has 0 atom stereocenters. The van der Waals surface area contributed by atoms with E-state index in [0.717, 1.165) is 12.8 Å². The van der Waals surface area contributed by atoms with Crippen molar-refractivity contribution in [3.63, 3.8) is 0 Å². The summed E-state index contributed by atoms with van der Waals surface area (Å²) in [6, 6.07) is 1.24. The Morgan fingerprint density at radius 2 is 2.33 bits per heavy atom. The van der Waals surface area contributed by atoms with Crippen LogP contribution in [0, 0.1) is 5.82 Å². The molecule has 2 rings (SSSR count). The van der Waals surface area contributed by atoms with Crippen LogP contribution in [0.25, 0.3) is 0 Å². The SMILES string of the molecule is Fc1ccnc(Cl)c1OC1CC1. The zero-order valence-electron chi connectivity index (χ0n) is 6.26. The lowest BCUT2D eigenvalue weighted by atomic mass is 10.4. The van der Waals surface area contributed by atoms with Gasteiger partial charge in [0.2, 0.25) is 0 Å². The van der Waals surface area contributed by atoms with E-state index in [1.165, 1.54) is 12.3 Å². The van der Waals surface area contributed by atoms with Gasteiger partial charge in [-0.2, -0.15) is 0 Å². The standard InChI is InChI=1S/C8H7ClFNO/c9-8-7(12-5-1-2-5)6(10)3-4-11-8/h3-5H,1-2H2. The van der Waals surface area contributed by atoms with E-state index in [1.807, 2.05) is 0 Å². The second-order valence-corrected chi connectivity index (χ2v) is 3.09. The van der Waals surface area contributed by atoms with Gasteiger partial charge in [0.05, 0.1) is 6.10 Å². The van der Waals surface area contributed by atoms with Gasteiger partial charge in [0.1, 0.15) is 0 Å². The molecule has 0 unspecified atom stereocenters. The summed E-state index contributed by atoms with van der Waals surface area (Å²) in [5, 5.41) is 0.0990. The molecule has 2 nitrogen and oxygen atoms in total. The predicted octanol–water partition coefficient (Wildman–Crippen LogP) is 2.42. The lowest BCUT2D eigenvalue weighted by Crippen LogP contribution is -1.99. The molecule has 4 heteroatoms. The molecular weight excluding hydrogens is 181 g/mol. The highest BCUT2D eigenvalue weighted by Gasteiger charge is 2.26. The van der Waals surface area contributed by atoms with E-state index in [-0.39, 0.29) is 17.0 Å². The Hall–Kier alpha value is -0.830. The molecule has 1 aromatic heterocycles. The van der Waals surface area contributed by atoms with Gasteiger partial charge in [0, 0.05) is 6.20 Å². The van der Waals surface area contributed by atoms with Gasteiger partial charge in [-0.05, 0) is 18.9 Å². The first-order valence-corrected chi connectivity index (χ1v) is 4.12. The van der Waals surface area contributed by atoms with E-state index in [0.29, 0.717) is 0 Å². The van der Waals surface area contributed by atoms with Crippen LogP contribution in [0.1, 0.15) is 12.8 Å². The predicted molar refractivity (Wildman–Crippen MR) is 42.9 cm³/mol. The Morgan fingerprint density at radius 3 is 2.92 bits per heavy atom. The summed E-state index contributed by atoms with van der Waals surface area (Å²) in [5.74, 6) is -0.358. The first kappa shape index (κ1) is 7.80. The minimum atomic E-state index is -0.443. The van der Waals surface area contributed by atoms with E-state index >= 15 is 0 Å². The normalized spacial score (nSPS) is 16.2. The number of aromatic nitrogens is 1. The van der Waals surface area contributed by atoms with Crippen LogP contribution in [0.15, 0.2) is 12.3 Å². The van der Waals surface area contributed by atoms with Crippen molar-refractivity contribution in [1.29, 1.82) is 0 Å². The van der Waals surface area contributed by atoms with Gasteiger partial charge in [0.25, 0.3) is 0 Å². The van der Waals surface area contributed by atoms with Gasteiger partial charge in [-0.1, -0.05) is 11.6 Å².